The number of para-hydroxylation sites is 1. The number of benzene rings is 4. The van der Waals surface area contributed by atoms with E-state index in [0.717, 1.165) is 49.6 Å². The van der Waals surface area contributed by atoms with Crippen molar-refractivity contribution in [3.63, 3.8) is 0 Å². The number of likely N-dealkylation sites (tertiary alicyclic amines) is 1. The van der Waals surface area contributed by atoms with Gasteiger partial charge in [-0.3, -0.25) is 43.0 Å². The second-order valence-corrected chi connectivity index (χ2v) is 21.4. The van der Waals surface area contributed by atoms with Crippen LogP contribution in [0.2, 0.25) is 5.02 Å². The molecule has 0 saturated carbocycles. The molecule has 6 N–H and O–H groups in total. The van der Waals surface area contributed by atoms with Crippen LogP contribution >= 0.6 is 11.6 Å². The van der Waals surface area contributed by atoms with Gasteiger partial charge >= 0.3 is 5.97 Å². The Hall–Kier alpha value is -8.82. The number of aromatic nitrogens is 6. The van der Waals surface area contributed by atoms with Crippen LogP contribution in [0.5, 0.6) is 0 Å². The first-order chi connectivity index (χ1) is 42.7. The van der Waals surface area contributed by atoms with Gasteiger partial charge in [0.25, 0.3) is 5.91 Å². The van der Waals surface area contributed by atoms with Crippen LogP contribution in [0.1, 0.15) is 47.7 Å². The summed E-state index contributed by atoms with van der Waals surface area (Å²) in [5.41, 5.74) is 5.85. The van der Waals surface area contributed by atoms with Gasteiger partial charge in [0.15, 0.2) is 5.82 Å². The molecule has 0 radical (unpaired) electrons. The summed E-state index contributed by atoms with van der Waals surface area (Å²) < 4.78 is 40.9. The molecule has 0 bridgehead atoms. The van der Waals surface area contributed by atoms with Crippen LogP contribution in [0.3, 0.4) is 0 Å². The number of esters is 1. The van der Waals surface area contributed by atoms with Gasteiger partial charge in [0.05, 0.1) is 93.7 Å². The van der Waals surface area contributed by atoms with Crippen molar-refractivity contribution in [2.75, 3.05) is 135 Å². The van der Waals surface area contributed by atoms with E-state index in [2.05, 4.69) is 73.6 Å². The van der Waals surface area contributed by atoms with Gasteiger partial charge < -0.3 is 60.6 Å². The third-order valence-corrected chi connectivity index (χ3v) is 15.5. The zero-order valence-electron chi connectivity index (χ0n) is 49.5. The first kappa shape index (κ1) is 63.7. The number of nitrogens with zero attached hydrogens (tertiary/aromatic N) is 9. The van der Waals surface area contributed by atoms with Gasteiger partial charge in [-0.1, -0.05) is 35.9 Å². The van der Waals surface area contributed by atoms with E-state index in [4.69, 9.17) is 30.9 Å². The summed E-state index contributed by atoms with van der Waals surface area (Å²) in [6.45, 7) is 7.05. The quantitative estimate of drug-likeness (QED) is 0.0269. The fourth-order valence-electron chi connectivity index (χ4n) is 10.5. The number of methoxy groups -OCH3 is 1. The molecule has 25 nitrogen and oxygen atoms in total. The van der Waals surface area contributed by atoms with Crippen molar-refractivity contribution in [3.05, 3.63) is 113 Å². The number of piperidine rings is 1. The van der Waals surface area contributed by atoms with Crippen LogP contribution in [-0.2, 0) is 56.5 Å². The number of piperazine rings is 1. The minimum absolute atomic E-state index is 0.0251. The average Bonchev–Trinajstić information content (AvgIpc) is 2.42. The first-order valence-electron chi connectivity index (χ1n) is 29.2. The van der Waals surface area contributed by atoms with E-state index >= 15 is 4.39 Å². The van der Waals surface area contributed by atoms with E-state index in [1.54, 1.807) is 66.3 Å². The lowest BCUT2D eigenvalue weighted by Crippen LogP contribution is -2.47. The van der Waals surface area contributed by atoms with Crippen LogP contribution < -0.4 is 36.8 Å². The average molecular weight is 1230 g/mol. The summed E-state index contributed by atoms with van der Waals surface area (Å²) in [6.07, 6.45) is 4.24. The smallest absolute Gasteiger partial charge is 0.325 e. The van der Waals surface area contributed by atoms with Gasteiger partial charge in [0.1, 0.15) is 23.9 Å². The van der Waals surface area contributed by atoms with E-state index in [-0.39, 0.29) is 62.7 Å². The standard InChI is InChI=1S/C61H73ClFN15O10/c1-64-60(84)45-7-4-5-9-49(45)71-59-47(62)36-68-61(72-59)70-42-11-13-43(14-12-42)76-24-22-75(23-25-76)26-28-87-30-32-88-31-29-86-27-19-65-52(79)15-16-55(82)77-20-17-40(18-21-77)58-57-44(46-34-51-41(33-48(46)63)35-69-74(51)2)8-6-10-50(57)78(73-58)39-54(81)66-37-53(80)67-38-56(83)85-3/h4-14,33-36,40H,15-32,37-39H2,1-3H3,(H,64,84)(H,65,79)(H,66,81)(H,67,80)(H2,68,70,71,72). The summed E-state index contributed by atoms with van der Waals surface area (Å²) in [7, 11) is 4.56. The van der Waals surface area contributed by atoms with Crippen LogP contribution in [0.15, 0.2) is 91.3 Å². The number of anilines is 5. The third-order valence-electron chi connectivity index (χ3n) is 15.2. The number of carbonyl (C=O) groups is 6. The Bertz CT molecular complexity index is 3570. The van der Waals surface area contributed by atoms with E-state index in [1.165, 1.54) is 24.1 Å². The van der Waals surface area contributed by atoms with Crippen molar-refractivity contribution in [3.8, 4) is 11.1 Å². The molecule has 5 heterocycles. The third kappa shape index (κ3) is 17.0. The highest BCUT2D eigenvalue weighted by Crippen LogP contribution is 2.40. The monoisotopic (exact) mass is 1230 g/mol. The highest BCUT2D eigenvalue weighted by molar-refractivity contribution is 6.33. The predicted octanol–water partition coefficient (Wildman–Crippen LogP) is 4.90. The van der Waals surface area contributed by atoms with Gasteiger partial charge in [0.2, 0.25) is 29.6 Å². The van der Waals surface area contributed by atoms with Crippen LogP contribution in [-0.4, -0.2) is 194 Å². The molecule has 7 aromatic rings. The van der Waals surface area contributed by atoms with Gasteiger partial charge in [-0.15, -0.1) is 0 Å². The number of fused-ring (bicyclic) bond motifs is 2. The molecular weight excluding hydrogens is 1160 g/mol. The number of rotatable bonds is 29. The second kappa shape index (κ2) is 31.2. The summed E-state index contributed by atoms with van der Waals surface area (Å²) in [4.78, 5) is 90.8. The molecular formula is C61H73ClFN15O10. The maximum absolute atomic E-state index is 16.0. The van der Waals surface area contributed by atoms with Gasteiger partial charge in [-0.2, -0.15) is 15.2 Å². The number of aryl methyl sites for hydroxylation is 1. The normalized spacial score (nSPS) is 13.8. The van der Waals surface area contributed by atoms with Crippen molar-refractivity contribution in [1.29, 1.82) is 0 Å². The number of carbonyl (C=O) groups excluding carboxylic acids is 6. The lowest BCUT2D eigenvalue weighted by atomic mass is 9.88. The molecule has 0 spiro atoms. The number of halogens is 2. The van der Waals surface area contributed by atoms with Crippen LogP contribution in [0.25, 0.3) is 32.9 Å². The number of nitrogens with one attached hydrogen (secondary N) is 6. The Balaban J connectivity index is 0.624. The van der Waals surface area contributed by atoms with Crippen molar-refractivity contribution in [1.82, 2.24) is 60.6 Å². The Morgan fingerprint density at radius 1 is 0.727 bits per heavy atom. The summed E-state index contributed by atoms with van der Waals surface area (Å²) >= 11 is 6.41. The van der Waals surface area contributed by atoms with Crippen molar-refractivity contribution < 1.29 is 52.1 Å². The summed E-state index contributed by atoms with van der Waals surface area (Å²) in [5.74, 6) is -2.23. The van der Waals surface area contributed by atoms with Crippen molar-refractivity contribution in [2.45, 2.75) is 38.1 Å². The molecule has 466 valence electrons. The predicted molar refractivity (Wildman–Crippen MR) is 329 cm³/mol. The molecule has 3 aromatic heterocycles. The maximum Gasteiger partial charge on any atom is 0.325 e. The van der Waals surface area contributed by atoms with Gasteiger partial charge in [-0.05, 0) is 73.0 Å². The molecule has 0 atom stereocenters. The molecule has 4 aromatic carbocycles. The minimum atomic E-state index is -0.630. The lowest BCUT2D eigenvalue weighted by Gasteiger charge is -2.36. The molecule has 9 rings (SSSR count). The van der Waals surface area contributed by atoms with E-state index in [0.29, 0.717) is 127 Å². The molecule has 88 heavy (non-hydrogen) atoms. The Kier molecular flexibility index (Phi) is 22.6. The summed E-state index contributed by atoms with van der Waals surface area (Å²) in [6, 6.07) is 23.8. The largest absolute Gasteiger partial charge is 0.468 e. The Labute approximate surface area is 512 Å². The Morgan fingerprint density at radius 3 is 2.20 bits per heavy atom. The highest BCUT2D eigenvalue weighted by Gasteiger charge is 2.30. The molecule has 0 aliphatic carbocycles. The molecule has 2 fully saturated rings. The van der Waals surface area contributed by atoms with Crippen LogP contribution in [0, 0.1) is 5.82 Å². The Morgan fingerprint density at radius 2 is 1.45 bits per heavy atom. The van der Waals surface area contributed by atoms with E-state index in [9.17, 15) is 28.8 Å². The van der Waals surface area contributed by atoms with E-state index < -0.39 is 23.6 Å². The van der Waals surface area contributed by atoms with Gasteiger partial charge in [0, 0.05) is 113 Å². The number of amides is 5. The summed E-state index contributed by atoms with van der Waals surface area (Å²) in [5, 5.41) is 27.6. The lowest BCUT2D eigenvalue weighted by molar-refractivity contribution is -0.141. The first-order valence-corrected chi connectivity index (χ1v) is 29.6. The highest BCUT2D eigenvalue weighted by atomic mass is 35.5. The minimum Gasteiger partial charge on any atom is -0.468 e. The number of hydrogen-bond donors (Lipinski definition) is 6. The fourth-order valence-corrected chi connectivity index (χ4v) is 10.6. The molecule has 2 saturated heterocycles. The number of ether oxygens (including phenoxy) is 4. The van der Waals surface area contributed by atoms with Gasteiger partial charge in [-0.25, -0.2) is 9.37 Å². The zero-order chi connectivity index (χ0) is 61.9. The number of hydrogen-bond acceptors (Lipinski definition) is 18. The fraction of sp³-hybridized carbons (Fsp3) is 0.410. The topological polar surface area (TPSA) is 283 Å². The van der Waals surface area contributed by atoms with Crippen molar-refractivity contribution >= 4 is 97.7 Å². The molecule has 0 unspecified atom stereocenters. The molecule has 2 aliphatic rings. The SMILES string of the molecule is CNC(=O)c1ccccc1Nc1nc(Nc2ccc(N3CCN(CCOCCOCCOCCNC(=O)CCC(=O)N4CCC(c5nn(CC(=O)NCC(=O)NCC(=O)OC)c6cccc(-c7cc8c(cnn8C)cc7F)c56)CC4)CC3)cc2)ncc1Cl. The maximum atomic E-state index is 16.0. The van der Waals surface area contributed by atoms with Crippen molar-refractivity contribution in [2.24, 2.45) is 7.05 Å². The molecule has 27 heteroatoms. The second-order valence-electron chi connectivity index (χ2n) is 21.0. The molecule has 2 aliphatic heterocycles. The van der Waals surface area contributed by atoms with Crippen LogP contribution in [0.4, 0.5) is 33.2 Å². The van der Waals surface area contributed by atoms with E-state index in [1.807, 2.05) is 24.3 Å². The zero-order valence-corrected chi connectivity index (χ0v) is 50.2. The molecule has 5 amide bonds.